The van der Waals surface area contributed by atoms with Crippen LogP contribution >= 0.6 is 0 Å². The van der Waals surface area contributed by atoms with E-state index in [1.54, 1.807) is 41.9 Å². The minimum atomic E-state index is -5.05. The first kappa shape index (κ1) is 35.0. The van der Waals surface area contributed by atoms with Gasteiger partial charge < -0.3 is 30.6 Å². The van der Waals surface area contributed by atoms with Crippen LogP contribution in [0.15, 0.2) is 83.6 Å². The van der Waals surface area contributed by atoms with Crippen LogP contribution in [0.25, 0.3) is 16.6 Å². The molecule has 0 fully saturated rings. The largest absolute Gasteiger partial charge is 0.496 e. The van der Waals surface area contributed by atoms with Gasteiger partial charge in [-0.15, -0.1) is 0 Å². The number of nitrogens with zero attached hydrogens (tertiary/aromatic N) is 2. The highest BCUT2D eigenvalue weighted by molar-refractivity contribution is 5.98. The normalized spacial score (nSPS) is 13.9. The molecule has 2 atom stereocenters. The van der Waals surface area contributed by atoms with Crippen LogP contribution < -0.4 is 21.1 Å². The molecule has 2 amide bonds. The SMILES string of the molecule is COc1ccc(F)cc1C(C)(C)CC(O)(CNc1cc(C)cc2c1cnn2-c1ccc(C(=O)NC(C(N)=O)c2ccco2)cc1)C(F)(F)F. The number of nitrogens with one attached hydrogen (secondary N) is 2. The number of nitrogens with two attached hydrogens (primary N) is 1. The first-order valence-electron chi connectivity index (χ1n) is 15.1. The van der Waals surface area contributed by atoms with Gasteiger partial charge in [-0.05, 0) is 91.1 Å². The van der Waals surface area contributed by atoms with Crippen molar-refractivity contribution in [3.05, 3.63) is 107 Å². The van der Waals surface area contributed by atoms with Gasteiger partial charge >= 0.3 is 6.18 Å². The van der Waals surface area contributed by atoms with Crippen molar-refractivity contribution in [3.8, 4) is 11.4 Å². The van der Waals surface area contributed by atoms with E-state index in [-0.39, 0.29) is 22.6 Å². The van der Waals surface area contributed by atoms with Crippen molar-refractivity contribution in [2.75, 3.05) is 19.0 Å². The van der Waals surface area contributed by atoms with Crippen molar-refractivity contribution in [3.63, 3.8) is 0 Å². The standard InChI is InChI=1S/C35H35F4N5O5/c1-20-14-26(41-19-34(47,35(37,38)39)18-33(2,3)25-16-22(36)9-12-28(25)48-4)24-17-42-44(27(24)15-20)23-10-7-21(8-11-23)32(46)43-30(31(40)45)29-6-5-13-49-29/h5-17,30,41,47H,18-19H2,1-4H3,(H2,40,45)(H,43,46). The molecule has 2 heterocycles. The number of halogens is 4. The average Bonchev–Trinajstić information content (AvgIpc) is 3.72. The number of hydrogen-bond donors (Lipinski definition) is 4. The topological polar surface area (TPSA) is 145 Å². The molecule has 49 heavy (non-hydrogen) atoms. The maximum Gasteiger partial charge on any atom is 0.418 e. The van der Waals surface area contributed by atoms with Gasteiger partial charge in [0.15, 0.2) is 11.6 Å². The van der Waals surface area contributed by atoms with Crippen molar-refractivity contribution in [2.24, 2.45) is 5.73 Å². The van der Waals surface area contributed by atoms with Gasteiger partial charge in [0, 0.05) is 22.2 Å². The molecule has 5 aromatic rings. The molecule has 0 aliphatic rings. The second-order valence-electron chi connectivity index (χ2n) is 12.5. The molecule has 2 aromatic heterocycles. The fourth-order valence-electron chi connectivity index (χ4n) is 5.87. The molecule has 14 heteroatoms. The van der Waals surface area contributed by atoms with Crippen molar-refractivity contribution < 1.29 is 41.4 Å². The molecule has 2 unspecified atom stereocenters. The zero-order valence-electron chi connectivity index (χ0n) is 27.1. The summed E-state index contributed by atoms with van der Waals surface area (Å²) in [7, 11) is 1.34. The van der Waals surface area contributed by atoms with Crippen LogP contribution in [-0.2, 0) is 10.2 Å². The van der Waals surface area contributed by atoms with Gasteiger partial charge in [-0.25, -0.2) is 9.07 Å². The number of ether oxygens (including phenoxy) is 1. The number of aromatic nitrogens is 2. The van der Waals surface area contributed by atoms with Crippen LogP contribution in [0, 0.1) is 12.7 Å². The smallest absolute Gasteiger partial charge is 0.418 e. The van der Waals surface area contributed by atoms with Crippen molar-refractivity contribution in [2.45, 2.75) is 50.4 Å². The second kappa shape index (κ2) is 13.3. The molecular weight excluding hydrogens is 646 g/mol. The van der Waals surface area contributed by atoms with Crippen LogP contribution in [0.2, 0.25) is 0 Å². The van der Waals surface area contributed by atoms with E-state index >= 15 is 0 Å². The van der Waals surface area contributed by atoms with E-state index in [0.29, 0.717) is 27.8 Å². The Balaban J connectivity index is 1.39. The summed E-state index contributed by atoms with van der Waals surface area (Å²) in [5.41, 5.74) is 3.36. The fourth-order valence-corrected chi connectivity index (χ4v) is 5.87. The zero-order valence-corrected chi connectivity index (χ0v) is 27.1. The third-order valence-electron chi connectivity index (χ3n) is 8.32. The summed E-state index contributed by atoms with van der Waals surface area (Å²) in [6.07, 6.45) is -3.01. The monoisotopic (exact) mass is 681 g/mol. The minimum Gasteiger partial charge on any atom is -0.496 e. The first-order valence-corrected chi connectivity index (χ1v) is 15.1. The van der Waals surface area contributed by atoms with E-state index in [2.05, 4.69) is 15.7 Å². The number of aliphatic hydroxyl groups is 1. The van der Waals surface area contributed by atoms with E-state index in [1.165, 1.54) is 57.7 Å². The number of amides is 2. The second-order valence-corrected chi connectivity index (χ2v) is 12.5. The molecule has 10 nitrogen and oxygen atoms in total. The van der Waals surface area contributed by atoms with Gasteiger partial charge in [-0.3, -0.25) is 9.59 Å². The van der Waals surface area contributed by atoms with Crippen LogP contribution in [0.1, 0.15) is 53.6 Å². The van der Waals surface area contributed by atoms with Crippen molar-refractivity contribution in [1.82, 2.24) is 15.1 Å². The number of aryl methyl sites for hydroxylation is 1. The minimum absolute atomic E-state index is 0.185. The maximum absolute atomic E-state index is 14.5. The molecule has 0 saturated carbocycles. The first-order chi connectivity index (χ1) is 23.0. The summed E-state index contributed by atoms with van der Waals surface area (Å²) >= 11 is 0. The van der Waals surface area contributed by atoms with Gasteiger partial charge in [0.05, 0.1) is 37.3 Å². The van der Waals surface area contributed by atoms with Crippen LogP contribution in [0.4, 0.5) is 23.2 Å². The number of methoxy groups -OCH3 is 1. The predicted molar refractivity (Wildman–Crippen MR) is 174 cm³/mol. The Kier molecular flexibility index (Phi) is 9.46. The maximum atomic E-state index is 14.5. The van der Waals surface area contributed by atoms with E-state index in [1.807, 2.05) is 0 Å². The number of hydrogen-bond acceptors (Lipinski definition) is 7. The Morgan fingerprint density at radius 3 is 2.41 bits per heavy atom. The van der Waals surface area contributed by atoms with Gasteiger partial charge in [0.1, 0.15) is 17.3 Å². The number of furan rings is 1. The van der Waals surface area contributed by atoms with Crippen LogP contribution in [0.3, 0.4) is 0 Å². The number of fused-ring (bicyclic) bond motifs is 1. The van der Waals surface area contributed by atoms with E-state index in [9.17, 15) is 32.3 Å². The van der Waals surface area contributed by atoms with Crippen molar-refractivity contribution >= 4 is 28.4 Å². The Morgan fingerprint density at radius 1 is 1.08 bits per heavy atom. The van der Waals surface area contributed by atoms with E-state index < -0.39 is 53.8 Å². The molecule has 0 aliphatic carbocycles. The third kappa shape index (κ3) is 7.23. The third-order valence-corrected chi connectivity index (χ3v) is 8.32. The quantitative estimate of drug-likeness (QED) is 0.116. The molecule has 0 saturated heterocycles. The number of carbonyl (C=O) groups is 2. The molecule has 3 aromatic carbocycles. The highest BCUT2D eigenvalue weighted by atomic mass is 19.4. The number of carbonyl (C=O) groups excluding carboxylic acids is 2. The molecule has 0 aliphatic heterocycles. The van der Waals surface area contributed by atoms with Gasteiger partial charge in [0.2, 0.25) is 5.91 Å². The summed E-state index contributed by atoms with van der Waals surface area (Å²) in [5, 5.41) is 21.4. The lowest BCUT2D eigenvalue weighted by Crippen LogP contribution is -2.53. The molecule has 0 spiro atoms. The molecule has 0 radical (unpaired) electrons. The Morgan fingerprint density at radius 2 is 1.80 bits per heavy atom. The summed E-state index contributed by atoms with van der Waals surface area (Å²) in [6.45, 7) is 3.83. The summed E-state index contributed by atoms with van der Waals surface area (Å²) < 4.78 is 69.8. The van der Waals surface area contributed by atoms with Crippen molar-refractivity contribution in [1.29, 1.82) is 0 Å². The zero-order chi connectivity index (χ0) is 35.7. The Hall–Kier alpha value is -5.37. The number of rotatable bonds is 12. The molecule has 0 bridgehead atoms. The number of benzene rings is 3. The molecular formula is C35H35F4N5O5. The van der Waals surface area contributed by atoms with Gasteiger partial charge in [-0.1, -0.05) is 13.8 Å². The average molecular weight is 682 g/mol. The Bertz CT molecular complexity index is 1970. The lowest BCUT2D eigenvalue weighted by Gasteiger charge is -2.38. The number of anilines is 1. The number of alkyl halides is 3. The van der Waals surface area contributed by atoms with Crippen LogP contribution in [0.5, 0.6) is 5.75 Å². The lowest BCUT2D eigenvalue weighted by atomic mass is 9.74. The predicted octanol–water partition coefficient (Wildman–Crippen LogP) is 6.10. The molecule has 5 N–H and O–H groups in total. The summed E-state index contributed by atoms with van der Waals surface area (Å²) in [4.78, 5) is 24.8. The highest BCUT2D eigenvalue weighted by Crippen LogP contribution is 2.44. The van der Waals surface area contributed by atoms with E-state index in [0.717, 1.165) is 12.1 Å². The highest BCUT2D eigenvalue weighted by Gasteiger charge is 2.56. The van der Waals surface area contributed by atoms with E-state index in [4.69, 9.17) is 14.9 Å². The molecule has 5 rings (SSSR count). The summed E-state index contributed by atoms with van der Waals surface area (Å²) in [6, 6.07) is 15.2. The fraction of sp³-hybridized carbons (Fsp3) is 0.286. The summed E-state index contributed by atoms with van der Waals surface area (Å²) in [5.74, 6) is -1.63. The number of primary amides is 1. The Labute approximate surface area is 278 Å². The lowest BCUT2D eigenvalue weighted by molar-refractivity contribution is -0.260. The molecule has 258 valence electrons. The van der Waals surface area contributed by atoms with Crippen LogP contribution in [-0.4, -0.2) is 52.1 Å². The van der Waals surface area contributed by atoms with Gasteiger partial charge in [0.25, 0.3) is 5.91 Å². The van der Waals surface area contributed by atoms with Gasteiger partial charge in [-0.2, -0.15) is 18.3 Å².